The van der Waals surface area contributed by atoms with Crippen molar-refractivity contribution in [3.05, 3.63) is 23.9 Å². The number of amides is 1. The van der Waals surface area contributed by atoms with Crippen molar-refractivity contribution in [2.45, 2.75) is 25.7 Å². The molecule has 0 spiro atoms. The molecule has 2 bridgehead atoms. The van der Waals surface area contributed by atoms with Crippen LogP contribution in [0.25, 0.3) is 10.9 Å². The molecule has 2 atom stereocenters. The summed E-state index contributed by atoms with van der Waals surface area (Å²) in [6, 6.07) is 5.71. The Morgan fingerprint density at radius 2 is 1.83 bits per heavy atom. The van der Waals surface area contributed by atoms with Crippen LogP contribution in [-0.2, 0) is 0 Å². The summed E-state index contributed by atoms with van der Waals surface area (Å²) in [5.74, 6) is 3.96. The first-order valence-corrected chi connectivity index (χ1v) is 9.06. The fourth-order valence-electron chi connectivity index (χ4n) is 5.45. The van der Waals surface area contributed by atoms with E-state index in [-0.39, 0.29) is 5.91 Å². The first kappa shape index (κ1) is 14.3. The molecule has 4 fully saturated rings. The third-order valence-electron chi connectivity index (χ3n) is 6.70. The van der Waals surface area contributed by atoms with E-state index >= 15 is 0 Å². The summed E-state index contributed by atoms with van der Waals surface area (Å²) in [5, 5.41) is 8.16. The molecular formula is C19H23N3O2. The molecule has 2 heterocycles. The van der Waals surface area contributed by atoms with Gasteiger partial charge in [0.25, 0.3) is 5.91 Å². The third kappa shape index (κ3) is 2.00. The van der Waals surface area contributed by atoms with Crippen molar-refractivity contribution >= 4 is 16.8 Å². The summed E-state index contributed by atoms with van der Waals surface area (Å²) < 4.78 is 5.30. The van der Waals surface area contributed by atoms with E-state index in [4.69, 9.17) is 4.74 Å². The van der Waals surface area contributed by atoms with Gasteiger partial charge in [0.1, 0.15) is 5.75 Å². The van der Waals surface area contributed by atoms with E-state index in [1.54, 1.807) is 7.11 Å². The van der Waals surface area contributed by atoms with Gasteiger partial charge in [0.05, 0.1) is 12.6 Å². The molecule has 6 rings (SSSR count). The number of fused-ring (bicyclic) bond motifs is 3. The van der Waals surface area contributed by atoms with Crippen LogP contribution in [0, 0.1) is 23.7 Å². The van der Waals surface area contributed by atoms with Crippen LogP contribution in [0.5, 0.6) is 5.75 Å². The predicted octanol–water partition coefficient (Wildman–Crippen LogP) is 3.08. The minimum atomic E-state index is 0.0725. The van der Waals surface area contributed by atoms with Crippen LogP contribution in [0.3, 0.4) is 0 Å². The average Bonchev–Trinajstić information content (AvgIpc) is 3.27. The Labute approximate surface area is 141 Å². The number of carbonyl (C=O) groups excluding carboxylic acids is 1. The van der Waals surface area contributed by atoms with Crippen molar-refractivity contribution in [3.63, 3.8) is 0 Å². The SMILES string of the molecule is COc1ccc2[nH]nc(C(=O)N3C[C@@H]4C5CCC(CC5)[C@@H]4C3)c2c1. The van der Waals surface area contributed by atoms with Gasteiger partial charge in [0.15, 0.2) is 5.69 Å². The quantitative estimate of drug-likeness (QED) is 0.923. The van der Waals surface area contributed by atoms with E-state index < -0.39 is 0 Å². The number of aromatic nitrogens is 2. The van der Waals surface area contributed by atoms with Crippen molar-refractivity contribution in [3.8, 4) is 5.75 Å². The number of hydrogen-bond donors (Lipinski definition) is 1. The lowest BCUT2D eigenvalue weighted by atomic mass is 9.60. The van der Waals surface area contributed by atoms with E-state index in [0.29, 0.717) is 5.69 Å². The van der Waals surface area contributed by atoms with Gasteiger partial charge in [-0.15, -0.1) is 0 Å². The van der Waals surface area contributed by atoms with E-state index in [1.165, 1.54) is 25.7 Å². The van der Waals surface area contributed by atoms with E-state index in [1.807, 2.05) is 18.2 Å². The standard InChI is InChI=1S/C19H23N3O2/c1-24-13-6-7-17-14(8-13)18(21-20-17)19(23)22-9-15-11-2-3-12(5-4-11)16(15)10-22/h6-8,11-12,15-16H,2-5,9-10H2,1H3,(H,20,21)/t11?,12?,15-,16+. The predicted molar refractivity (Wildman–Crippen MR) is 91.0 cm³/mol. The minimum absolute atomic E-state index is 0.0725. The highest BCUT2D eigenvalue weighted by atomic mass is 16.5. The minimum Gasteiger partial charge on any atom is -0.497 e. The zero-order valence-corrected chi connectivity index (χ0v) is 14.0. The molecule has 1 aromatic carbocycles. The van der Waals surface area contributed by atoms with Crippen LogP contribution < -0.4 is 4.74 Å². The molecule has 0 radical (unpaired) electrons. The molecule has 1 aromatic heterocycles. The maximum atomic E-state index is 13.1. The molecule has 1 N–H and O–H groups in total. The van der Waals surface area contributed by atoms with Gasteiger partial charge >= 0.3 is 0 Å². The molecule has 5 heteroatoms. The van der Waals surface area contributed by atoms with E-state index in [0.717, 1.165) is 53.4 Å². The molecule has 2 aromatic rings. The Morgan fingerprint density at radius 3 is 2.46 bits per heavy atom. The number of hydrogen-bond acceptors (Lipinski definition) is 3. The molecule has 3 saturated carbocycles. The lowest BCUT2D eigenvalue weighted by molar-refractivity contribution is 0.0577. The Kier molecular flexibility index (Phi) is 3.12. The van der Waals surface area contributed by atoms with Crippen molar-refractivity contribution in [2.75, 3.05) is 20.2 Å². The fraction of sp³-hybridized carbons (Fsp3) is 0.579. The largest absolute Gasteiger partial charge is 0.497 e. The highest BCUT2D eigenvalue weighted by Crippen LogP contribution is 2.52. The smallest absolute Gasteiger partial charge is 0.275 e. The second kappa shape index (κ2) is 5.23. The molecule has 24 heavy (non-hydrogen) atoms. The molecule has 126 valence electrons. The maximum absolute atomic E-state index is 13.1. The average molecular weight is 325 g/mol. The molecule has 5 nitrogen and oxygen atoms in total. The number of methoxy groups -OCH3 is 1. The summed E-state index contributed by atoms with van der Waals surface area (Å²) >= 11 is 0. The summed E-state index contributed by atoms with van der Waals surface area (Å²) in [7, 11) is 1.64. The van der Waals surface area contributed by atoms with Crippen molar-refractivity contribution in [1.82, 2.24) is 15.1 Å². The molecule has 3 aliphatic carbocycles. The first-order chi connectivity index (χ1) is 11.7. The molecule has 1 saturated heterocycles. The zero-order chi connectivity index (χ0) is 16.3. The molecular weight excluding hydrogens is 302 g/mol. The van der Waals surface area contributed by atoms with E-state index in [9.17, 15) is 4.79 Å². The van der Waals surface area contributed by atoms with Crippen LogP contribution in [0.1, 0.15) is 36.2 Å². The number of carbonyl (C=O) groups is 1. The number of nitrogens with zero attached hydrogens (tertiary/aromatic N) is 2. The van der Waals surface area contributed by atoms with Gasteiger partial charge in [-0.25, -0.2) is 0 Å². The first-order valence-electron chi connectivity index (χ1n) is 9.06. The molecule has 1 aliphatic heterocycles. The van der Waals surface area contributed by atoms with Crippen molar-refractivity contribution < 1.29 is 9.53 Å². The highest BCUT2D eigenvalue weighted by Gasteiger charge is 2.49. The third-order valence-corrected chi connectivity index (χ3v) is 6.70. The molecule has 1 amide bonds. The Hall–Kier alpha value is -2.04. The lowest BCUT2D eigenvalue weighted by Gasteiger charge is -2.44. The Morgan fingerprint density at radius 1 is 1.17 bits per heavy atom. The van der Waals surface area contributed by atoms with Gasteiger partial charge in [-0.2, -0.15) is 5.10 Å². The normalized spacial score (nSPS) is 31.5. The summed E-state index contributed by atoms with van der Waals surface area (Å²) in [4.78, 5) is 15.2. The zero-order valence-electron chi connectivity index (χ0n) is 14.0. The number of aromatic amines is 1. The molecule has 0 unspecified atom stereocenters. The van der Waals surface area contributed by atoms with Gasteiger partial charge in [-0.3, -0.25) is 9.89 Å². The van der Waals surface area contributed by atoms with Gasteiger partial charge in [0, 0.05) is 18.5 Å². The van der Waals surface area contributed by atoms with Crippen LogP contribution in [0.4, 0.5) is 0 Å². The number of ether oxygens (including phenoxy) is 1. The monoisotopic (exact) mass is 325 g/mol. The summed E-state index contributed by atoms with van der Waals surface area (Å²) in [6.45, 7) is 1.84. The maximum Gasteiger partial charge on any atom is 0.275 e. The van der Waals surface area contributed by atoms with Crippen LogP contribution in [0.15, 0.2) is 18.2 Å². The number of nitrogens with one attached hydrogen (secondary N) is 1. The summed E-state index contributed by atoms with van der Waals surface area (Å²) in [5.41, 5.74) is 1.42. The Bertz CT molecular complexity index is 771. The van der Waals surface area contributed by atoms with Crippen LogP contribution in [0.2, 0.25) is 0 Å². The molecule has 4 aliphatic rings. The fourth-order valence-corrected chi connectivity index (χ4v) is 5.45. The number of benzene rings is 1. The van der Waals surface area contributed by atoms with Gasteiger partial charge < -0.3 is 9.64 Å². The number of H-pyrrole nitrogens is 1. The Balaban J connectivity index is 1.45. The highest BCUT2D eigenvalue weighted by molar-refractivity contribution is 6.05. The number of rotatable bonds is 2. The topological polar surface area (TPSA) is 58.2 Å². The van der Waals surface area contributed by atoms with Gasteiger partial charge in [-0.1, -0.05) is 0 Å². The second-order valence-electron chi connectivity index (χ2n) is 7.70. The number of likely N-dealkylation sites (tertiary alicyclic amines) is 1. The van der Waals surface area contributed by atoms with Crippen LogP contribution >= 0.6 is 0 Å². The van der Waals surface area contributed by atoms with Gasteiger partial charge in [-0.05, 0) is 67.6 Å². The summed E-state index contributed by atoms with van der Waals surface area (Å²) in [6.07, 6.45) is 5.49. The van der Waals surface area contributed by atoms with Gasteiger partial charge in [0.2, 0.25) is 0 Å². The second-order valence-corrected chi connectivity index (χ2v) is 7.70. The van der Waals surface area contributed by atoms with E-state index in [2.05, 4.69) is 15.1 Å². The van der Waals surface area contributed by atoms with Crippen molar-refractivity contribution in [2.24, 2.45) is 23.7 Å². The van der Waals surface area contributed by atoms with Crippen LogP contribution in [-0.4, -0.2) is 41.2 Å². The van der Waals surface area contributed by atoms with Crippen molar-refractivity contribution in [1.29, 1.82) is 0 Å². The lowest BCUT2D eigenvalue weighted by Crippen LogP contribution is -2.38.